The maximum atomic E-state index is 10.7. The maximum absolute atomic E-state index is 10.7. The van der Waals surface area contributed by atoms with E-state index in [1.54, 1.807) is 0 Å². The standard InChI is InChI=1S/C8H17O2/c1-4-8(9)10-6-5-7(2)3/h7-8H,4-6H2,1-3H3. The van der Waals surface area contributed by atoms with Crippen LogP contribution in [-0.2, 0) is 9.84 Å². The molecular formula is C8H17O2. The van der Waals surface area contributed by atoms with Gasteiger partial charge in [0.1, 0.15) is 0 Å². The predicted molar refractivity (Wildman–Crippen MR) is 40.2 cm³/mol. The first-order chi connectivity index (χ1) is 4.66. The van der Waals surface area contributed by atoms with E-state index in [1.807, 2.05) is 6.92 Å². The van der Waals surface area contributed by atoms with E-state index in [2.05, 4.69) is 13.8 Å². The van der Waals surface area contributed by atoms with Crippen LogP contribution in [0.2, 0.25) is 0 Å². The van der Waals surface area contributed by atoms with Gasteiger partial charge in [0.15, 0.2) is 6.29 Å². The van der Waals surface area contributed by atoms with Gasteiger partial charge in [0.25, 0.3) is 0 Å². The second-order valence-electron chi connectivity index (χ2n) is 2.89. The van der Waals surface area contributed by atoms with Crippen LogP contribution in [0.4, 0.5) is 0 Å². The largest absolute Gasteiger partial charge is 0.350 e. The van der Waals surface area contributed by atoms with Gasteiger partial charge in [0, 0.05) is 0 Å². The molecule has 2 heteroatoms. The highest BCUT2D eigenvalue weighted by molar-refractivity contribution is 4.43. The second kappa shape index (κ2) is 5.69. The molecule has 0 N–H and O–H groups in total. The summed E-state index contributed by atoms with van der Waals surface area (Å²) in [6.45, 7) is 6.69. The van der Waals surface area contributed by atoms with E-state index in [0.717, 1.165) is 6.42 Å². The molecule has 0 aromatic rings. The molecule has 0 heterocycles. The van der Waals surface area contributed by atoms with Crippen molar-refractivity contribution < 1.29 is 9.84 Å². The average Bonchev–Trinajstić information content (AvgIpc) is 1.87. The van der Waals surface area contributed by atoms with Crippen LogP contribution < -0.4 is 0 Å². The van der Waals surface area contributed by atoms with Crippen LogP contribution in [0.15, 0.2) is 0 Å². The van der Waals surface area contributed by atoms with Crippen molar-refractivity contribution >= 4 is 0 Å². The minimum atomic E-state index is -0.807. The molecule has 0 aliphatic heterocycles. The van der Waals surface area contributed by atoms with Crippen LogP contribution >= 0.6 is 0 Å². The second-order valence-corrected chi connectivity index (χ2v) is 2.89. The van der Waals surface area contributed by atoms with E-state index in [4.69, 9.17) is 4.74 Å². The zero-order chi connectivity index (χ0) is 7.98. The third-order valence-electron chi connectivity index (χ3n) is 1.33. The minimum Gasteiger partial charge on any atom is -0.350 e. The third-order valence-corrected chi connectivity index (χ3v) is 1.33. The number of rotatable bonds is 5. The van der Waals surface area contributed by atoms with Gasteiger partial charge in [-0.15, -0.1) is 0 Å². The number of ether oxygens (including phenoxy) is 1. The first-order valence-electron chi connectivity index (χ1n) is 3.94. The zero-order valence-electron chi connectivity index (χ0n) is 7.09. The molecule has 0 aliphatic carbocycles. The summed E-state index contributed by atoms with van der Waals surface area (Å²) in [7, 11) is 0. The van der Waals surface area contributed by atoms with Gasteiger partial charge < -0.3 is 4.74 Å². The number of hydrogen-bond acceptors (Lipinski definition) is 1. The number of hydrogen-bond donors (Lipinski definition) is 0. The Morgan fingerprint density at radius 3 is 2.40 bits per heavy atom. The van der Waals surface area contributed by atoms with Crippen molar-refractivity contribution in [3.8, 4) is 0 Å². The average molecular weight is 145 g/mol. The highest BCUT2D eigenvalue weighted by Gasteiger charge is 2.01. The van der Waals surface area contributed by atoms with Gasteiger partial charge in [0.05, 0.1) is 6.61 Å². The summed E-state index contributed by atoms with van der Waals surface area (Å²) in [6.07, 6.45) is 0.746. The fourth-order valence-corrected chi connectivity index (χ4v) is 0.553. The molecule has 10 heavy (non-hydrogen) atoms. The van der Waals surface area contributed by atoms with Crippen LogP contribution in [0.3, 0.4) is 0 Å². The first-order valence-corrected chi connectivity index (χ1v) is 3.94. The lowest BCUT2D eigenvalue weighted by Gasteiger charge is -2.08. The van der Waals surface area contributed by atoms with Crippen LogP contribution in [-0.4, -0.2) is 12.9 Å². The van der Waals surface area contributed by atoms with Crippen molar-refractivity contribution in [1.29, 1.82) is 0 Å². The van der Waals surface area contributed by atoms with E-state index in [1.165, 1.54) is 0 Å². The van der Waals surface area contributed by atoms with Gasteiger partial charge in [-0.1, -0.05) is 20.8 Å². The fourth-order valence-electron chi connectivity index (χ4n) is 0.553. The predicted octanol–water partition coefficient (Wildman–Crippen LogP) is 2.22. The molecule has 1 atom stereocenters. The van der Waals surface area contributed by atoms with Crippen molar-refractivity contribution in [1.82, 2.24) is 0 Å². The normalized spacial score (nSPS) is 14.1. The van der Waals surface area contributed by atoms with Crippen molar-refractivity contribution in [2.24, 2.45) is 5.92 Å². The van der Waals surface area contributed by atoms with Crippen molar-refractivity contribution in [3.05, 3.63) is 0 Å². The van der Waals surface area contributed by atoms with Gasteiger partial charge in [-0.05, 0) is 18.8 Å². The summed E-state index contributed by atoms with van der Waals surface area (Å²) in [4.78, 5) is 0. The van der Waals surface area contributed by atoms with E-state index in [-0.39, 0.29) is 0 Å². The Hall–Kier alpha value is -0.0800. The van der Waals surface area contributed by atoms with Crippen molar-refractivity contribution in [2.45, 2.75) is 39.9 Å². The van der Waals surface area contributed by atoms with E-state index < -0.39 is 6.29 Å². The molecule has 0 aromatic carbocycles. The van der Waals surface area contributed by atoms with Crippen LogP contribution in [0.1, 0.15) is 33.6 Å². The molecule has 0 rings (SSSR count). The molecule has 0 bridgehead atoms. The Morgan fingerprint density at radius 1 is 1.40 bits per heavy atom. The first kappa shape index (κ1) is 9.92. The molecule has 0 saturated carbocycles. The van der Waals surface area contributed by atoms with Gasteiger partial charge >= 0.3 is 0 Å². The Labute approximate surface area is 63.2 Å². The molecule has 0 aliphatic rings. The van der Waals surface area contributed by atoms with Crippen LogP contribution in [0.25, 0.3) is 0 Å². The molecule has 0 amide bonds. The quantitative estimate of drug-likeness (QED) is 0.545. The summed E-state index contributed by atoms with van der Waals surface area (Å²) in [5.41, 5.74) is 0. The van der Waals surface area contributed by atoms with Gasteiger partial charge in [0.2, 0.25) is 0 Å². The summed E-state index contributed by atoms with van der Waals surface area (Å²) < 4.78 is 4.95. The monoisotopic (exact) mass is 145 g/mol. The lowest BCUT2D eigenvalue weighted by atomic mass is 10.1. The Balaban J connectivity index is 3.03. The highest BCUT2D eigenvalue weighted by Crippen LogP contribution is 2.01. The lowest BCUT2D eigenvalue weighted by molar-refractivity contribution is -0.142. The van der Waals surface area contributed by atoms with Gasteiger partial charge in [-0.2, -0.15) is 0 Å². The molecule has 0 saturated heterocycles. The molecule has 1 radical (unpaired) electrons. The summed E-state index contributed by atoms with van der Waals surface area (Å²) in [5.74, 6) is 0.629. The van der Waals surface area contributed by atoms with Crippen molar-refractivity contribution in [2.75, 3.05) is 6.61 Å². The van der Waals surface area contributed by atoms with E-state index >= 15 is 0 Å². The maximum Gasteiger partial charge on any atom is 0.191 e. The molecular weight excluding hydrogens is 128 g/mol. The minimum absolute atomic E-state index is 0.568. The molecule has 0 aromatic heterocycles. The summed E-state index contributed by atoms with van der Waals surface area (Å²) >= 11 is 0. The SMILES string of the molecule is CCC([O])OCCC(C)C. The molecule has 0 spiro atoms. The fraction of sp³-hybridized carbons (Fsp3) is 1.00. The lowest BCUT2D eigenvalue weighted by Crippen LogP contribution is -2.10. The highest BCUT2D eigenvalue weighted by atomic mass is 16.6. The smallest absolute Gasteiger partial charge is 0.191 e. The molecule has 1 unspecified atom stereocenters. The molecule has 61 valence electrons. The Bertz CT molecular complexity index is 71.7. The summed E-state index contributed by atoms with van der Waals surface area (Å²) in [6, 6.07) is 0. The molecule has 2 nitrogen and oxygen atoms in total. The van der Waals surface area contributed by atoms with E-state index in [0.29, 0.717) is 18.9 Å². The third kappa shape index (κ3) is 6.05. The summed E-state index contributed by atoms with van der Waals surface area (Å²) in [5, 5.41) is 10.7. The van der Waals surface area contributed by atoms with E-state index in [9.17, 15) is 5.11 Å². The van der Waals surface area contributed by atoms with Crippen LogP contribution in [0.5, 0.6) is 0 Å². The van der Waals surface area contributed by atoms with Gasteiger partial charge in [-0.25, -0.2) is 5.11 Å². The Kier molecular flexibility index (Phi) is 5.64. The Morgan fingerprint density at radius 2 is 2.00 bits per heavy atom. The van der Waals surface area contributed by atoms with Crippen LogP contribution in [0, 0.1) is 5.92 Å². The molecule has 0 fully saturated rings. The van der Waals surface area contributed by atoms with Crippen molar-refractivity contribution in [3.63, 3.8) is 0 Å². The van der Waals surface area contributed by atoms with Gasteiger partial charge in [-0.3, -0.25) is 0 Å². The zero-order valence-corrected chi connectivity index (χ0v) is 7.09. The topological polar surface area (TPSA) is 29.1 Å².